The molecular formula is C18H27Br2Cl. The number of hydrogen-bond acceptors (Lipinski definition) is 0. The summed E-state index contributed by atoms with van der Waals surface area (Å²) in [6.07, 6.45) is 10.7. The standard InChI is InChI=1S/C18H27Br2Cl/c1-2-3-4-5-6-7-8-13-18(14-19,15-20)16-9-11-17(21)12-10-16/h9-12H,2-8,13-15H2,1H3. The van der Waals surface area contributed by atoms with E-state index >= 15 is 0 Å². The van der Waals surface area contributed by atoms with Gasteiger partial charge in [0.2, 0.25) is 0 Å². The van der Waals surface area contributed by atoms with Crippen LogP contribution < -0.4 is 0 Å². The zero-order chi connectivity index (χ0) is 15.6. The summed E-state index contributed by atoms with van der Waals surface area (Å²) in [6, 6.07) is 8.35. The maximum absolute atomic E-state index is 6.01. The smallest absolute Gasteiger partial charge is 0.0406 e. The number of unbranched alkanes of at least 4 members (excludes halogenated alkanes) is 6. The molecule has 0 atom stereocenters. The van der Waals surface area contributed by atoms with Crippen molar-refractivity contribution in [3.05, 3.63) is 34.9 Å². The van der Waals surface area contributed by atoms with E-state index in [1.807, 2.05) is 12.1 Å². The van der Waals surface area contributed by atoms with E-state index in [2.05, 4.69) is 50.9 Å². The first kappa shape index (κ1) is 19.5. The predicted octanol–water partition coefficient (Wildman–Crippen LogP) is 7.51. The molecule has 0 aromatic heterocycles. The van der Waals surface area contributed by atoms with E-state index in [0.29, 0.717) is 0 Å². The highest BCUT2D eigenvalue weighted by atomic mass is 79.9. The molecule has 0 N–H and O–H groups in total. The van der Waals surface area contributed by atoms with E-state index < -0.39 is 0 Å². The Bertz CT molecular complexity index is 371. The Balaban J connectivity index is 2.47. The predicted molar refractivity (Wildman–Crippen MR) is 103 cm³/mol. The maximum Gasteiger partial charge on any atom is 0.0406 e. The third kappa shape index (κ3) is 6.62. The van der Waals surface area contributed by atoms with Crippen molar-refractivity contribution in [2.75, 3.05) is 10.7 Å². The second kappa shape index (κ2) is 11.1. The van der Waals surface area contributed by atoms with Gasteiger partial charge in [-0.15, -0.1) is 0 Å². The summed E-state index contributed by atoms with van der Waals surface area (Å²) in [7, 11) is 0. The third-order valence-corrected chi connectivity index (χ3v) is 6.63. The van der Waals surface area contributed by atoms with Crippen LogP contribution in [0, 0.1) is 0 Å². The third-order valence-electron chi connectivity index (χ3n) is 4.23. The van der Waals surface area contributed by atoms with E-state index in [1.165, 1.54) is 56.9 Å². The van der Waals surface area contributed by atoms with Gasteiger partial charge in [0.05, 0.1) is 0 Å². The molecule has 0 aliphatic rings. The summed E-state index contributed by atoms with van der Waals surface area (Å²) in [5.74, 6) is 0. The van der Waals surface area contributed by atoms with E-state index in [0.717, 1.165) is 15.7 Å². The summed E-state index contributed by atoms with van der Waals surface area (Å²) < 4.78 is 0. The van der Waals surface area contributed by atoms with Crippen molar-refractivity contribution in [2.45, 2.75) is 63.7 Å². The summed E-state index contributed by atoms with van der Waals surface area (Å²) in [5, 5.41) is 2.79. The first-order chi connectivity index (χ1) is 10.2. The lowest BCUT2D eigenvalue weighted by molar-refractivity contribution is 0.460. The van der Waals surface area contributed by atoms with Gasteiger partial charge in [0.25, 0.3) is 0 Å². The second-order valence-corrected chi connectivity index (χ2v) is 7.48. The van der Waals surface area contributed by atoms with E-state index in [1.54, 1.807) is 0 Å². The maximum atomic E-state index is 6.01. The van der Waals surface area contributed by atoms with Crippen molar-refractivity contribution in [1.29, 1.82) is 0 Å². The van der Waals surface area contributed by atoms with Gasteiger partial charge in [-0.3, -0.25) is 0 Å². The summed E-state index contributed by atoms with van der Waals surface area (Å²) in [4.78, 5) is 0. The summed E-state index contributed by atoms with van der Waals surface area (Å²) >= 11 is 13.5. The first-order valence-electron chi connectivity index (χ1n) is 8.06. The Hall–Kier alpha value is 0.470. The molecule has 0 aliphatic carbocycles. The van der Waals surface area contributed by atoms with Crippen molar-refractivity contribution in [1.82, 2.24) is 0 Å². The number of hydrogen-bond donors (Lipinski definition) is 0. The fraction of sp³-hybridized carbons (Fsp3) is 0.667. The number of benzene rings is 1. The van der Waals surface area contributed by atoms with Crippen LogP contribution in [-0.2, 0) is 5.41 Å². The van der Waals surface area contributed by atoms with Gasteiger partial charge in [0.1, 0.15) is 0 Å². The van der Waals surface area contributed by atoms with Gasteiger partial charge in [0.15, 0.2) is 0 Å². The molecule has 0 saturated carbocycles. The van der Waals surface area contributed by atoms with Crippen LogP contribution in [0.25, 0.3) is 0 Å². The molecule has 120 valence electrons. The average Bonchev–Trinajstić information content (AvgIpc) is 2.52. The van der Waals surface area contributed by atoms with Gasteiger partial charge in [-0.1, -0.05) is 107 Å². The zero-order valence-corrected chi connectivity index (χ0v) is 16.9. The SMILES string of the molecule is CCCCCCCCCC(CBr)(CBr)c1ccc(Cl)cc1. The molecular weight excluding hydrogens is 411 g/mol. The van der Waals surface area contributed by atoms with Crippen molar-refractivity contribution < 1.29 is 0 Å². The molecule has 0 spiro atoms. The van der Waals surface area contributed by atoms with Crippen LogP contribution in [0.5, 0.6) is 0 Å². The van der Waals surface area contributed by atoms with Crippen LogP contribution in [0.2, 0.25) is 5.02 Å². The number of rotatable bonds is 11. The molecule has 0 nitrogen and oxygen atoms in total. The fourth-order valence-electron chi connectivity index (χ4n) is 2.69. The van der Waals surface area contributed by atoms with Gasteiger partial charge in [-0.05, 0) is 24.1 Å². The molecule has 1 aromatic carbocycles. The van der Waals surface area contributed by atoms with Gasteiger partial charge in [0, 0.05) is 21.1 Å². The molecule has 21 heavy (non-hydrogen) atoms. The Kier molecular flexibility index (Phi) is 10.3. The van der Waals surface area contributed by atoms with Crippen LogP contribution in [0.3, 0.4) is 0 Å². The van der Waals surface area contributed by atoms with Gasteiger partial charge in [-0.2, -0.15) is 0 Å². The second-order valence-electron chi connectivity index (χ2n) is 5.93. The minimum Gasteiger partial charge on any atom is -0.0918 e. The summed E-state index contributed by atoms with van der Waals surface area (Å²) in [5.41, 5.74) is 1.57. The minimum atomic E-state index is 0.188. The molecule has 0 fully saturated rings. The number of halogens is 3. The monoisotopic (exact) mass is 436 g/mol. The Morgan fingerprint density at radius 2 is 1.38 bits per heavy atom. The molecule has 0 radical (unpaired) electrons. The first-order valence-corrected chi connectivity index (χ1v) is 10.7. The van der Waals surface area contributed by atoms with Crippen molar-refractivity contribution >= 4 is 43.5 Å². The molecule has 0 aliphatic heterocycles. The molecule has 0 heterocycles. The minimum absolute atomic E-state index is 0.188. The van der Waals surface area contributed by atoms with E-state index in [9.17, 15) is 0 Å². The van der Waals surface area contributed by atoms with Crippen LogP contribution in [0.4, 0.5) is 0 Å². The molecule has 3 heteroatoms. The highest BCUT2D eigenvalue weighted by molar-refractivity contribution is 9.09. The molecule has 1 rings (SSSR count). The van der Waals surface area contributed by atoms with Gasteiger partial charge < -0.3 is 0 Å². The molecule has 0 bridgehead atoms. The van der Waals surface area contributed by atoms with Crippen LogP contribution in [0.15, 0.2) is 24.3 Å². The lowest BCUT2D eigenvalue weighted by Gasteiger charge is -2.31. The molecule has 0 amide bonds. The highest BCUT2D eigenvalue weighted by Gasteiger charge is 2.29. The van der Waals surface area contributed by atoms with Crippen molar-refractivity contribution in [3.63, 3.8) is 0 Å². The fourth-order valence-corrected chi connectivity index (χ4v) is 4.95. The van der Waals surface area contributed by atoms with Crippen molar-refractivity contribution in [2.24, 2.45) is 0 Å². The summed E-state index contributed by atoms with van der Waals surface area (Å²) in [6.45, 7) is 2.27. The van der Waals surface area contributed by atoms with E-state index in [4.69, 9.17) is 11.6 Å². The molecule has 0 unspecified atom stereocenters. The molecule has 0 saturated heterocycles. The Morgan fingerprint density at radius 1 is 0.857 bits per heavy atom. The highest BCUT2D eigenvalue weighted by Crippen LogP contribution is 2.35. The topological polar surface area (TPSA) is 0 Å². The normalized spacial score (nSPS) is 11.8. The van der Waals surface area contributed by atoms with Gasteiger partial charge in [-0.25, -0.2) is 0 Å². The molecule has 1 aromatic rings. The number of alkyl halides is 2. The van der Waals surface area contributed by atoms with Gasteiger partial charge >= 0.3 is 0 Å². The Labute approximate surface area is 152 Å². The van der Waals surface area contributed by atoms with Crippen LogP contribution >= 0.6 is 43.5 Å². The van der Waals surface area contributed by atoms with Crippen LogP contribution in [-0.4, -0.2) is 10.7 Å². The quantitative estimate of drug-likeness (QED) is 0.248. The largest absolute Gasteiger partial charge is 0.0918 e. The average molecular weight is 439 g/mol. The van der Waals surface area contributed by atoms with Crippen molar-refractivity contribution in [3.8, 4) is 0 Å². The Morgan fingerprint density at radius 3 is 1.90 bits per heavy atom. The zero-order valence-electron chi connectivity index (χ0n) is 13.0. The van der Waals surface area contributed by atoms with E-state index in [-0.39, 0.29) is 5.41 Å². The lowest BCUT2D eigenvalue weighted by atomic mass is 9.80. The van der Waals surface area contributed by atoms with Crippen LogP contribution in [0.1, 0.15) is 63.9 Å². The lowest BCUT2D eigenvalue weighted by Crippen LogP contribution is -2.30.